The molecule has 0 spiro atoms. The molecule has 2 rings (SSSR count). The maximum atomic E-state index is 12.2. The van der Waals surface area contributed by atoms with Crippen molar-refractivity contribution in [1.82, 2.24) is 15.5 Å². The summed E-state index contributed by atoms with van der Waals surface area (Å²) in [4.78, 5) is 12.2. The zero-order valence-corrected chi connectivity index (χ0v) is 11.8. The van der Waals surface area contributed by atoms with Crippen LogP contribution in [0.3, 0.4) is 0 Å². The Kier molecular flexibility index (Phi) is 4.76. The van der Waals surface area contributed by atoms with Crippen molar-refractivity contribution in [3.05, 3.63) is 41.0 Å². The summed E-state index contributed by atoms with van der Waals surface area (Å²) in [6.45, 7) is 1.87. The number of carbonyl (C=O) groups is 1. The molecule has 0 aliphatic rings. The summed E-state index contributed by atoms with van der Waals surface area (Å²) in [5, 5.41) is 18.9. The molecule has 2 aromatic rings. The van der Waals surface area contributed by atoms with Gasteiger partial charge in [-0.1, -0.05) is 29.8 Å². The van der Waals surface area contributed by atoms with Crippen LogP contribution in [0.2, 0.25) is 5.02 Å². The molecule has 0 saturated carbocycles. The van der Waals surface area contributed by atoms with Gasteiger partial charge in [-0.05, 0) is 19.4 Å². The van der Waals surface area contributed by atoms with Gasteiger partial charge in [0, 0.05) is 23.2 Å². The number of aromatic amines is 1. The summed E-state index contributed by atoms with van der Waals surface area (Å²) in [7, 11) is 0. The molecule has 1 atom stereocenters. The molecule has 6 heteroatoms. The quantitative estimate of drug-likeness (QED) is 0.791. The number of H-pyrrole nitrogens is 1. The predicted octanol–water partition coefficient (Wildman–Crippen LogP) is 2.23. The third-order valence-corrected chi connectivity index (χ3v) is 3.30. The van der Waals surface area contributed by atoms with Gasteiger partial charge in [0.15, 0.2) is 0 Å². The number of hydrogen-bond acceptors (Lipinski definition) is 3. The number of amides is 1. The van der Waals surface area contributed by atoms with Crippen molar-refractivity contribution >= 4 is 17.5 Å². The van der Waals surface area contributed by atoms with E-state index in [0.717, 1.165) is 5.56 Å². The van der Waals surface area contributed by atoms with Gasteiger partial charge in [-0.3, -0.25) is 9.89 Å². The third kappa shape index (κ3) is 3.18. The highest BCUT2D eigenvalue weighted by molar-refractivity contribution is 6.33. The topological polar surface area (TPSA) is 78.0 Å². The Morgan fingerprint density at radius 3 is 2.95 bits per heavy atom. The third-order valence-electron chi connectivity index (χ3n) is 2.97. The van der Waals surface area contributed by atoms with Gasteiger partial charge >= 0.3 is 0 Å². The van der Waals surface area contributed by atoms with Gasteiger partial charge in [0.1, 0.15) is 0 Å². The minimum absolute atomic E-state index is 0.0319. The highest BCUT2D eigenvalue weighted by Crippen LogP contribution is 2.28. The fourth-order valence-corrected chi connectivity index (χ4v) is 2.13. The molecule has 1 aromatic carbocycles. The van der Waals surface area contributed by atoms with E-state index in [4.69, 9.17) is 16.7 Å². The largest absolute Gasteiger partial charge is 0.396 e. The average molecular weight is 294 g/mol. The van der Waals surface area contributed by atoms with E-state index in [9.17, 15) is 4.79 Å². The molecule has 0 saturated heterocycles. The van der Waals surface area contributed by atoms with Crippen LogP contribution in [0, 0.1) is 0 Å². The summed E-state index contributed by atoms with van der Waals surface area (Å²) in [6, 6.07) is 7.14. The summed E-state index contributed by atoms with van der Waals surface area (Å²) >= 11 is 6.14. The second kappa shape index (κ2) is 6.54. The van der Waals surface area contributed by atoms with Crippen molar-refractivity contribution < 1.29 is 9.90 Å². The first kappa shape index (κ1) is 14.6. The van der Waals surface area contributed by atoms with Gasteiger partial charge in [0.05, 0.1) is 17.5 Å². The lowest BCUT2D eigenvalue weighted by molar-refractivity contribution is 0.0935. The summed E-state index contributed by atoms with van der Waals surface area (Å²) in [5.41, 5.74) is 1.75. The Morgan fingerprint density at radius 1 is 1.50 bits per heavy atom. The SMILES string of the molecule is CC(CCO)NC(=O)c1cn[nH]c1-c1ccccc1Cl. The van der Waals surface area contributed by atoms with Crippen molar-refractivity contribution in [1.29, 1.82) is 0 Å². The van der Waals surface area contributed by atoms with Crippen molar-refractivity contribution in [2.75, 3.05) is 6.61 Å². The molecular weight excluding hydrogens is 278 g/mol. The van der Waals surface area contributed by atoms with Crippen LogP contribution in [0.4, 0.5) is 0 Å². The van der Waals surface area contributed by atoms with Crippen LogP contribution < -0.4 is 5.32 Å². The predicted molar refractivity (Wildman–Crippen MR) is 77.7 cm³/mol. The standard InChI is InChI=1S/C14H16ClN3O2/c1-9(6-7-19)17-14(20)11-8-16-18-13(11)10-4-2-3-5-12(10)15/h2-5,8-9,19H,6-7H2,1H3,(H,16,18)(H,17,20). The lowest BCUT2D eigenvalue weighted by Gasteiger charge is -2.12. The van der Waals surface area contributed by atoms with Crippen LogP contribution in [0.1, 0.15) is 23.7 Å². The zero-order valence-electron chi connectivity index (χ0n) is 11.1. The van der Waals surface area contributed by atoms with E-state index in [1.54, 1.807) is 6.07 Å². The number of nitrogens with one attached hydrogen (secondary N) is 2. The maximum Gasteiger partial charge on any atom is 0.255 e. The Bertz CT molecular complexity index is 598. The molecular formula is C14H16ClN3O2. The number of aromatic nitrogens is 2. The molecule has 0 fully saturated rings. The number of rotatable bonds is 5. The monoisotopic (exact) mass is 293 g/mol. The van der Waals surface area contributed by atoms with E-state index in [0.29, 0.717) is 22.7 Å². The second-order valence-electron chi connectivity index (χ2n) is 4.53. The van der Waals surface area contributed by atoms with Crippen molar-refractivity contribution in [3.8, 4) is 11.3 Å². The van der Waals surface area contributed by atoms with E-state index in [1.807, 2.05) is 25.1 Å². The van der Waals surface area contributed by atoms with Gasteiger partial charge in [-0.2, -0.15) is 5.10 Å². The molecule has 106 valence electrons. The molecule has 20 heavy (non-hydrogen) atoms. The lowest BCUT2D eigenvalue weighted by atomic mass is 10.1. The van der Waals surface area contributed by atoms with Crippen molar-refractivity contribution in [3.63, 3.8) is 0 Å². The van der Waals surface area contributed by atoms with Gasteiger partial charge in [0.2, 0.25) is 0 Å². The highest BCUT2D eigenvalue weighted by atomic mass is 35.5. The molecule has 1 amide bonds. The van der Waals surface area contributed by atoms with Gasteiger partial charge in [0.25, 0.3) is 5.91 Å². The normalized spacial score (nSPS) is 12.2. The second-order valence-corrected chi connectivity index (χ2v) is 4.93. The number of benzene rings is 1. The van der Waals surface area contributed by atoms with Crippen LogP contribution in [0.25, 0.3) is 11.3 Å². The summed E-state index contributed by atoms with van der Waals surface area (Å²) in [6.07, 6.45) is 1.98. The van der Waals surface area contributed by atoms with Crippen LogP contribution in [-0.2, 0) is 0 Å². The molecule has 0 bridgehead atoms. The van der Waals surface area contributed by atoms with Crippen LogP contribution in [-0.4, -0.2) is 33.9 Å². The van der Waals surface area contributed by atoms with Crippen molar-refractivity contribution in [2.45, 2.75) is 19.4 Å². The Labute approximate surface area is 122 Å². The number of hydrogen-bond donors (Lipinski definition) is 3. The number of nitrogens with zero attached hydrogens (tertiary/aromatic N) is 1. The van der Waals surface area contributed by atoms with Gasteiger partial charge in [-0.25, -0.2) is 0 Å². The summed E-state index contributed by atoms with van der Waals surface area (Å²) in [5.74, 6) is -0.241. The van der Waals surface area contributed by atoms with Gasteiger partial charge in [-0.15, -0.1) is 0 Å². The van der Waals surface area contributed by atoms with Crippen molar-refractivity contribution in [2.24, 2.45) is 0 Å². The van der Waals surface area contributed by atoms with E-state index in [-0.39, 0.29) is 18.6 Å². The first-order chi connectivity index (χ1) is 9.63. The van der Waals surface area contributed by atoms with Crippen LogP contribution in [0.5, 0.6) is 0 Å². The molecule has 0 aliphatic carbocycles. The zero-order chi connectivity index (χ0) is 14.5. The Balaban J connectivity index is 2.25. The number of halogens is 1. The van der Waals surface area contributed by atoms with E-state index in [1.165, 1.54) is 6.20 Å². The molecule has 1 heterocycles. The lowest BCUT2D eigenvalue weighted by Crippen LogP contribution is -2.33. The van der Waals surface area contributed by atoms with Crippen LogP contribution >= 0.6 is 11.6 Å². The van der Waals surface area contributed by atoms with E-state index in [2.05, 4.69) is 15.5 Å². The molecule has 3 N–H and O–H groups in total. The Hall–Kier alpha value is -1.85. The first-order valence-electron chi connectivity index (χ1n) is 6.33. The highest BCUT2D eigenvalue weighted by Gasteiger charge is 2.18. The number of carbonyl (C=O) groups excluding carboxylic acids is 1. The summed E-state index contributed by atoms with van der Waals surface area (Å²) < 4.78 is 0. The molecule has 1 unspecified atom stereocenters. The minimum Gasteiger partial charge on any atom is -0.396 e. The minimum atomic E-state index is -0.241. The molecule has 5 nitrogen and oxygen atoms in total. The molecule has 1 aromatic heterocycles. The molecule has 0 aliphatic heterocycles. The smallest absolute Gasteiger partial charge is 0.255 e. The average Bonchev–Trinajstić information content (AvgIpc) is 2.88. The Morgan fingerprint density at radius 2 is 2.25 bits per heavy atom. The fourth-order valence-electron chi connectivity index (χ4n) is 1.89. The van der Waals surface area contributed by atoms with E-state index < -0.39 is 0 Å². The first-order valence-corrected chi connectivity index (χ1v) is 6.71. The number of aliphatic hydroxyl groups excluding tert-OH is 1. The van der Waals surface area contributed by atoms with E-state index >= 15 is 0 Å². The maximum absolute atomic E-state index is 12.2. The fraction of sp³-hybridized carbons (Fsp3) is 0.286. The van der Waals surface area contributed by atoms with Gasteiger partial charge < -0.3 is 10.4 Å². The molecule has 0 radical (unpaired) electrons. The van der Waals surface area contributed by atoms with Crippen LogP contribution in [0.15, 0.2) is 30.5 Å². The number of aliphatic hydroxyl groups is 1.